The summed E-state index contributed by atoms with van der Waals surface area (Å²) in [4.78, 5) is 17.1. The van der Waals surface area contributed by atoms with Gasteiger partial charge < -0.3 is 14.5 Å². The number of ether oxygens (including phenoxy) is 1. The first kappa shape index (κ1) is 23.7. The van der Waals surface area contributed by atoms with Gasteiger partial charge in [0, 0.05) is 16.8 Å². The van der Waals surface area contributed by atoms with Gasteiger partial charge in [-0.25, -0.2) is 4.98 Å². The molecule has 0 aliphatic carbocycles. The Kier molecular flexibility index (Phi) is 7.14. The lowest BCUT2D eigenvalue weighted by molar-refractivity contribution is 0.0977. The summed E-state index contributed by atoms with van der Waals surface area (Å²) in [7, 11) is 1.51. The standard InChI is InChI=1S/C26H24ClN3O3S/c1-4-15(2)17-7-12-23-21(14-17)29-25(33-23)16-5-9-19(10-6-16)28-26(34)30-24(31)18-8-11-22(32-3)20(27)13-18/h5-15H,4H2,1-3H3,(H2,28,30,31,34)/t15-/m0/s1. The van der Waals surface area contributed by atoms with E-state index in [9.17, 15) is 4.79 Å². The number of nitrogens with one attached hydrogen (secondary N) is 2. The van der Waals surface area contributed by atoms with Crippen LogP contribution in [0.15, 0.2) is 65.1 Å². The molecule has 0 unspecified atom stereocenters. The van der Waals surface area contributed by atoms with Crippen molar-refractivity contribution >= 4 is 51.6 Å². The van der Waals surface area contributed by atoms with Crippen molar-refractivity contribution in [3.8, 4) is 17.2 Å². The lowest BCUT2D eigenvalue weighted by Crippen LogP contribution is -2.34. The number of carbonyl (C=O) groups is 1. The van der Waals surface area contributed by atoms with Crippen LogP contribution in [0.4, 0.5) is 5.69 Å². The number of thiocarbonyl (C=S) groups is 1. The van der Waals surface area contributed by atoms with Crippen molar-refractivity contribution in [3.05, 3.63) is 76.8 Å². The SMILES string of the molecule is CC[C@H](C)c1ccc2oc(-c3ccc(NC(=S)NC(=O)c4ccc(OC)c(Cl)c4)cc3)nc2c1. The maximum Gasteiger partial charge on any atom is 0.257 e. The van der Waals surface area contributed by atoms with Crippen molar-refractivity contribution in [1.29, 1.82) is 0 Å². The number of hydrogen-bond donors (Lipinski definition) is 2. The van der Waals surface area contributed by atoms with Gasteiger partial charge in [-0.05, 0) is 84.7 Å². The molecule has 0 radical (unpaired) electrons. The lowest BCUT2D eigenvalue weighted by atomic mass is 9.98. The summed E-state index contributed by atoms with van der Waals surface area (Å²) in [5.41, 5.74) is 4.79. The first-order valence-electron chi connectivity index (χ1n) is 10.8. The molecule has 0 saturated carbocycles. The normalized spacial score (nSPS) is 11.8. The van der Waals surface area contributed by atoms with E-state index >= 15 is 0 Å². The van der Waals surface area contributed by atoms with E-state index in [4.69, 9.17) is 33.0 Å². The van der Waals surface area contributed by atoms with Gasteiger partial charge in [0.1, 0.15) is 11.3 Å². The highest BCUT2D eigenvalue weighted by atomic mass is 35.5. The Morgan fingerprint density at radius 2 is 1.91 bits per heavy atom. The number of aromatic nitrogens is 1. The molecule has 8 heteroatoms. The Labute approximate surface area is 208 Å². The molecule has 0 saturated heterocycles. The quantitative estimate of drug-likeness (QED) is 0.288. The third-order valence-electron chi connectivity index (χ3n) is 5.62. The minimum absolute atomic E-state index is 0.170. The maximum absolute atomic E-state index is 12.4. The predicted molar refractivity (Wildman–Crippen MR) is 140 cm³/mol. The molecule has 6 nitrogen and oxygen atoms in total. The first-order chi connectivity index (χ1) is 16.4. The van der Waals surface area contributed by atoms with Crippen LogP contribution in [-0.2, 0) is 0 Å². The Balaban J connectivity index is 1.42. The van der Waals surface area contributed by atoms with Crippen molar-refractivity contribution in [3.63, 3.8) is 0 Å². The van der Waals surface area contributed by atoms with Crippen LogP contribution < -0.4 is 15.4 Å². The summed E-state index contributed by atoms with van der Waals surface area (Å²) in [6.45, 7) is 4.37. The number of nitrogens with zero attached hydrogens (tertiary/aromatic N) is 1. The first-order valence-corrected chi connectivity index (χ1v) is 11.6. The Bertz CT molecular complexity index is 1350. The number of rotatable bonds is 6. The molecule has 1 atom stereocenters. The number of fused-ring (bicyclic) bond motifs is 1. The Morgan fingerprint density at radius 3 is 2.59 bits per heavy atom. The van der Waals surface area contributed by atoms with E-state index in [0.29, 0.717) is 28.1 Å². The van der Waals surface area contributed by atoms with Crippen LogP contribution in [0.25, 0.3) is 22.6 Å². The van der Waals surface area contributed by atoms with Crippen LogP contribution in [0, 0.1) is 0 Å². The van der Waals surface area contributed by atoms with Gasteiger partial charge in [-0.15, -0.1) is 0 Å². The van der Waals surface area contributed by atoms with Crippen LogP contribution in [0.2, 0.25) is 5.02 Å². The molecule has 34 heavy (non-hydrogen) atoms. The molecule has 3 aromatic carbocycles. The van der Waals surface area contributed by atoms with E-state index in [2.05, 4.69) is 41.6 Å². The van der Waals surface area contributed by atoms with E-state index in [-0.39, 0.29) is 11.0 Å². The molecule has 0 aliphatic rings. The summed E-state index contributed by atoms with van der Waals surface area (Å²) in [6, 6.07) is 18.4. The zero-order chi connectivity index (χ0) is 24.2. The van der Waals surface area contributed by atoms with Crippen LogP contribution in [0.5, 0.6) is 5.75 Å². The fraction of sp³-hybridized carbons (Fsp3) is 0.192. The van der Waals surface area contributed by atoms with Gasteiger partial charge in [0.2, 0.25) is 5.89 Å². The molecular formula is C26H24ClN3O3S. The average Bonchev–Trinajstić information content (AvgIpc) is 3.27. The van der Waals surface area contributed by atoms with E-state index in [1.54, 1.807) is 12.1 Å². The van der Waals surface area contributed by atoms with Crippen molar-refractivity contribution in [2.75, 3.05) is 12.4 Å². The Morgan fingerprint density at radius 1 is 1.15 bits per heavy atom. The second-order valence-corrected chi connectivity index (χ2v) is 8.71. The summed E-state index contributed by atoms with van der Waals surface area (Å²) < 4.78 is 11.0. The third-order valence-corrected chi connectivity index (χ3v) is 6.12. The molecule has 1 heterocycles. The number of benzene rings is 3. The van der Waals surface area contributed by atoms with Crippen LogP contribution >= 0.6 is 23.8 Å². The van der Waals surface area contributed by atoms with Crippen LogP contribution in [-0.4, -0.2) is 23.1 Å². The van der Waals surface area contributed by atoms with Gasteiger partial charge in [-0.1, -0.05) is 31.5 Å². The molecule has 4 rings (SSSR count). The van der Waals surface area contributed by atoms with Crippen molar-refractivity contribution in [2.45, 2.75) is 26.2 Å². The number of hydrogen-bond acceptors (Lipinski definition) is 5. The molecule has 1 aromatic heterocycles. The molecular weight excluding hydrogens is 470 g/mol. The number of anilines is 1. The molecule has 0 bridgehead atoms. The monoisotopic (exact) mass is 493 g/mol. The van der Waals surface area contributed by atoms with Gasteiger partial charge in [-0.3, -0.25) is 10.1 Å². The second kappa shape index (κ2) is 10.2. The van der Waals surface area contributed by atoms with Crippen molar-refractivity contribution in [1.82, 2.24) is 10.3 Å². The average molecular weight is 494 g/mol. The number of halogens is 1. The molecule has 0 aliphatic heterocycles. The summed E-state index contributed by atoms with van der Waals surface area (Å²) >= 11 is 11.4. The number of methoxy groups -OCH3 is 1. The van der Waals surface area contributed by atoms with E-state index < -0.39 is 0 Å². The van der Waals surface area contributed by atoms with Gasteiger partial charge in [0.05, 0.1) is 12.1 Å². The lowest BCUT2D eigenvalue weighted by Gasteiger charge is -2.10. The summed E-state index contributed by atoms with van der Waals surface area (Å²) in [6.07, 6.45) is 1.07. The smallest absolute Gasteiger partial charge is 0.257 e. The summed E-state index contributed by atoms with van der Waals surface area (Å²) in [5.74, 6) is 1.15. The minimum Gasteiger partial charge on any atom is -0.495 e. The van der Waals surface area contributed by atoms with Crippen molar-refractivity contribution in [2.24, 2.45) is 0 Å². The van der Waals surface area contributed by atoms with E-state index in [1.165, 1.54) is 18.7 Å². The second-order valence-electron chi connectivity index (χ2n) is 7.89. The molecule has 174 valence electrons. The number of oxazole rings is 1. The van der Waals surface area contributed by atoms with E-state index in [0.717, 1.165) is 28.8 Å². The van der Waals surface area contributed by atoms with Gasteiger partial charge in [-0.2, -0.15) is 0 Å². The van der Waals surface area contributed by atoms with Gasteiger partial charge >= 0.3 is 0 Å². The minimum atomic E-state index is -0.373. The fourth-order valence-corrected chi connectivity index (χ4v) is 3.92. The molecule has 2 N–H and O–H groups in total. The zero-order valence-electron chi connectivity index (χ0n) is 19.0. The Hall–Kier alpha value is -3.42. The highest BCUT2D eigenvalue weighted by Crippen LogP contribution is 2.29. The fourth-order valence-electron chi connectivity index (χ4n) is 3.45. The summed E-state index contributed by atoms with van der Waals surface area (Å²) in [5, 5.41) is 6.16. The highest BCUT2D eigenvalue weighted by Gasteiger charge is 2.13. The van der Waals surface area contributed by atoms with Gasteiger partial charge in [0.25, 0.3) is 5.91 Å². The van der Waals surface area contributed by atoms with Gasteiger partial charge in [0.15, 0.2) is 10.7 Å². The number of amides is 1. The van der Waals surface area contributed by atoms with E-state index in [1.807, 2.05) is 30.3 Å². The molecule has 0 spiro atoms. The maximum atomic E-state index is 12.4. The largest absolute Gasteiger partial charge is 0.495 e. The van der Waals surface area contributed by atoms with Crippen molar-refractivity contribution < 1.29 is 13.9 Å². The number of carbonyl (C=O) groups excluding carboxylic acids is 1. The topological polar surface area (TPSA) is 76.4 Å². The van der Waals surface area contributed by atoms with Crippen LogP contribution in [0.3, 0.4) is 0 Å². The van der Waals surface area contributed by atoms with Crippen LogP contribution in [0.1, 0.15) is 42.1 Å². The zero-order valence-corrected chi connectivity index (χ0v) is 20.6. The predicted octanol–water partition coefficient (Wildman–Crippen LogP) is 6.80. The molecule has 4 aromatic rings. The molecule has 0 fully saturated rings. The third kappa shape index (κ3) is 5.21. The molecule has 1 amide bonds. The highest BCUT2D eigenvalue weighted by molar-refractivity contribution is 7.80.